The van der Waals surface area contributed by atoms with E-state index in [0.717, 1.165) is 12.8 Å². The summed E-state index contributed by atoms with van der Waals surface area (Å²) in [6.45, 7) is 2.16. The molecule has 14 heavy (non-hydrogen) atoms. The molecule has 0 saturated heterocycles. The molecule has 0 heterocycles. The molecular formula is C10H22N2O2. The lowest BCUT2D eigenvalue weighted by Gasteiger charge is -2.15. The van der Waals surface area contributed by atoms with Crippen LogP contribution >= 0.6 is 0 Å². The summed E-state index contributed by atoms with van der Waals surface area (Å²) < 4.78 is 0. The first-order valence-electron chi connectivity index (χ1n) is 5.33. The number of aliphatic carboxylic acids is 1. The van der Waals surface area contributed by atoms with Gasteiger partial charge in [0.2, 0.25) is 0 Å². The number of carboxylic acids is 1. The third kappa shape index (κ3) is 5.94. The van der Waals surface area contributed by atoms with Crippen molar-refractivity contribution in [1.82, 2.24) is 0 Å². The number of hydrogen-bond donors (Lipinski definition) is 3. The number of carbonyl (C=O) groups is 1. The highest BCUT2D eigenvalue weighted by molar-refractivity contribution is 5.74. The van der Waals surface area contributed by atoms with Crippen LogP contribution in [-0.2, 0) is 4.79 Å². The van der Waals surface area contributed by atoms with Crippen LogP contribution in [0.1, 0.15) is 45.4 Å². The molecule has 0 bridgehead atoms. The van der Waals surface area contributed by atoms with Gasteiger partial charge in [-0.05, 0) is 6.42 Å². The standard InChI is InChI=1S/C10H22N2O2/c1-2-3-4-5-6-7-8(11)9(12)10(13)14/h8-9H,2-7,11-12H2,1H3,(H,13,14). The first-order valence-corrected chi connectivity index (χ1v) is 5.33. The predicted octanol–water partition coefficient (Wildman–Crippen LogP) is 1.09. The van der Waals surface area contributed by atoms with E-state index >= 15 is 0 Å². The Labute approximate surface area is 85.7 Å². The summed E-state index contributed by atoms with van der Waals surface area (Å²) >= 11 is 0. The van der Waals surface area contributed by atoms with Crippen molar-refractivity contribution in [3.63, 3.8) is 0 Å². The van der Waals surface area contributed by atoms with Gasteiger partial charge in [0.1, 0.15) is 6.04 Å². The number of nitrogens with two attached hydrogens (primary N) is 2. The molecule has 0 amide bonds. The fraction of sp³-hybridized carbons (Fsp3) is 0.900. The Balaban J connectivity index is 3.43. The number of carboxylic acid groups (broad SMARTS) is 1. The Morgan fingerprint density at radius 1 is 1.21 bits per heavy atom. The largest absolute Gasteiger partial charge is 0.480 e. The van der Waals surface area contributed by atoms with Gasteiger partial charge in [-0.2, -0.15) is 0 Å². The van der Waals surface area contributed by atoms with E-state index in [1.54, 1.807) is 0 Å². The van der Waals surface area contributed by atoms with Crippen LogP contribution in [0.15, 0.2) is 0 Å². The van der Waals surface area contributed by atoms with Crippen LogP contribution in [0.3, 0.4) is 0 Å². The fourth-order valence-corrected chi connectivity index (χ4v) is 1.35. The van der Waals surface area contributed by atoms with Crippen molar-refractivity contribution in [3.05, 3.63) is 0 Å². The predicted molar refractivity (Wildman–Crippen MR) is 57.0 cm³/mol. The van der Waals surface area contributed by atoms with E-state index in [2.05, 4.69) is 6.92 Å². The molecule has 84 valence electrons. The first kappa shape index (κ1) is 13.4. The molecule has 0 aliphatic heterocycles. The summed E-state index contributed by atoms with van der Waals surface area (Å²) in [5.41, 5.74) is 11.0. The Hall–Kier alpha value is -0.610. The average molecular weight is 202 g/mol. The maximum absolute atomic E-state index is 10.5. The highest BCUT2D eigenvalue weighted by Crippen LogP contribution is 2.07. The van der Waals surface area contributed by atoms with Crippen LogP contribution in [0, 0.1) is 0 Å². The van der Waals surface area contributed by atoms with Crippen LogP contribution in [-0.4, -0.2) is 23.2 Å². The molecule has 0 rings (SSSR count). The summed E-state index contributed by atoms with van der Waals surface area (Å²) in [4.78, 5) is 10.5. The van der Waals surface area contributed by atoms with Crippen molar-refractivity contribution in [2.75, 3.05) is 0 Å². The van der Waals surface area contributed by atoms with Gasteiger partial charge in [0.15, 0.2) is 0 Å². The first-order chi connectivity index (χ1) is 6.59. The molecule has 0 aliphatic carbocycles. The summed E-state index contributed by atoms with van der Waals surface area (Å²) in [7, 11) is 0. The minimum Gasteiger partial charge on any atom is -0.480 e. The van der Waals surface area contributed by atoms with Gasteiger partial charge in [0.05, 0.1) is 0 Å². The number of rotatable bonds is 8. The second-order valence-corrected chi connectivity index (χ2v) is 3.73. The highest BCUT2D eigenvalue weighted by Gasteiger charge is 2.19. The zero-order valence-electron chi connectivity index (χ0n) is 8.91. The molecule has 0 saturated carbocycles. The molecule has 5 N–H and O–H groups in total. The van der Waals surface area contributed by atoms with Crippen molar-refractivity contribution in [2.45, 2.75) is 57.5 Å². The van der Waals surface area contributed by atoms with E-state index in [9.17, 15) is 4.79 Å². The third-order valence-corrected chi connectivity index (χ3v) is 2.39. The normalized spacial score (nSPS) is 15.1. The van der Waals surface area contributed by atoms with Crippen molar-refractivity contribution < 1.29 is 9.90 Å². The number of hydrogen-bond acceptors (Lipinski definition) is 3. The summed E-state index contributed by atoms with van der Waals surface area (Å²) in [6.07, 6.45) is 6.44. The molecule has 0 fully saturated rings. The van der Waals surface area contributed by atoms with Crippen LogP contribution in [0.4, 0.5) is 0 Å². The second-order valence-electron chi connectivity index (χ2n) is 3.73. The van der Waals surface area contributed by atoms with Crippen molar-refractivity contribution >= 4 is 5.97 Å². The van der Waals surface area contributed by atoms with Gasteiger partial charge >= 0.3 is 5.97 Å². The molecular weight excluding hydrogens is 180 g/mol. The van der Waals surface area contributed by atoms with Gasteiger partial charge in [-0.1, -0.05) is 39.0 Å². The van der Waals surface area contributed by atoms with Gasteiger partial charge in [0.25, 0.3) is 0 Å². The molecule has 2 unspecified atom stereocenters. The van der Waals surface area contributed by atoms with Crippen molar-refractivity contribution in [3.8, 4) is 0 Å². The Bertz CT molecular complexity index is 162. The summed E-state index contributed by atoms with van der Waals surface area (Å²) in [5.74, 6) is -1.01. The molecule has 0 aliphatic rings. The van der Waals surface area contributed by atoms with Gasteiger partial charge < -0.3 is 16.6 Å². The molecule has 0 radical (unpaired) electrons. The lowest BCUT2D eigenvalue weighted by atomic mass is 10.0. The maximum atomic E-state index is 10.5. The molecule has 4 nitrogen and oxygen atoms in total. The zero-order valence-corrected chi connectivity index (χ0v) is 8.91. The molecule has 0 aromatic rings. The van der Waals surface area contributed by atoms with Gasteiger partial charge in [-0.3, -0.25) is 4.79 Å². The van der Waals surface area contributed by atoms with Crippen LogP contribution in [0.2, 0.25) is 0 Å². The van der Waals surface area contributed by atoms with Gasteiger partial charge in [-0.15, -0.1) is 0 Å². The lowest BCUT2D eigenvalue weighted by Crippen LogP contribution is -2.46. The van der Waals surface area contributed by atoms with Crippen molar-refractivity contribution in [2.24, 2.45) is 11.5 Å². The second kappa shape index (κ2) is 7.76. The van der Waals surface area contributed by atoms with Gasteiger partial charge in [-0.25, -0.2) is 0 Å². The minimum absolute atomic E-state index is 0.408. The van der Waals surface area contributed by atoms with E-state index < -0.39 is 18.1 Å². The molecule has 0 aromatic heterocycles. The Kier molecular flexibility index (Phi) is 7.42. The fourth-order valence-electron chi connectivity index (χ4n) is 1.35. The monoisotopic (exact) mass is 202 g/mol. The Morgan fingerprint density at radius 3 is 2.29 bits per heavy atom. The van der Waals surface area contributed by atoms with Gasteiger partial charge in [0, 0.05) is 6.04 Å². The van der Waals surface area contributed by atoms with E-state index in [-0.39, 0.29) is 0 Å². The minimum atomic E-state index is -1.01. The Morgan fingerprint density at radius 2 is 1.79 bits per heavy atom. The smallest absolute Gasteiger partial charge is 0.322 e. The van der Waals surface area contributed by atoms with E-state index in [0.29, 0.717) is 6.42 Å². The molecule has 0 aromatic carbocycles. The topological polar surface area (TPSA) is 89.3 Å². The van der Waals surface area contributed by atoms with E-state index in [1.165, 1.54) is 19.3 Å². The van der Waals surface area contributed by atoms with Crippen molar-refractivity contribution in [1.29, 1.82) is 0 Å². The summed E-state index contributed by atoms with van der Waals surface area (Å²) in [5, 5.41) is 8.59. The summed E-state index contributed by atoms with van der Waals surface area (Å²) in [6, 6.07) is -1.32. The molecule has 2 atom stereocenters. The van der Waals surface area contributed by atoms with Crippen LogP contribution < -0.4 is 11.5 Å². The van der Waals surface area contributed by atoms with Crippen LogP contribution in [0.5, 0.6) is 0 Å². The maximum Gasteiger partial charge on any atom is 0.322 e. The quantitative estimate of drug-likeness (QED) is 0.514. The third-order valence-electron chi connectivity index (χ3n) is 2.39. The van der Waals surface area contributed by atoms with E-state index in [1.807, 2.05) is 0 Å². The zero-order chi connectivity index (χ0) is 11.0. The highest BCUT2D eigenvalue weighted by atomic mass is 16.4. The average Bonchev–Trinajstić information content (AvgIpc) is 2.16. The van der Waals surface area contributed by atoms with E-state index in [4.69, 9.17) is 16.6 Å². The molecule has 0 spiro atoms. The number of unbranched alkanes of at least 4 members (excludes halogenated alkanes) is 4. The SMILES string of the molecule is CCCCCCCC(N)C(N)C(=O)O. The molecule has 4 heteroatoms. The lowest BCUT2D eigenvalue weighted by molar-refractivity contribution is -0.139. The van der Waals surface area contributed by atoms with Crippen LogP contribution in [0.25, 0.3) is 0 Å².